The number of rotatable bonds is 6. The zero-order valence-electron chi connectivity index (χ0n) is 18.7. The van der Waals surface area contributed by atoms with Gasteiger partial charge in [0, 0.05) is 22.8 Å². The van der Waals surface area contributed by atoms with Crippen molar-refractivity contribution in [1.29, 1.82) is 0 Å². The van der Waals surface area contributed by atoms with Crippen LogP contribution in [0.15, 0.2) is 66.9 Å². The third-order valence-electron chi connectivity index (χ3n) is 6.13. The van der Waals surface area contributed by atoms with Gasteiger partial charge in [0.2, 0.25) is 5.95 Å². The Morgan fingerprint density at radius 1 is 1.09 bits per heavy atom. The summed E-state index contributed by atoms with van der Waals surface area (Å²) in [5.74, 6) is 1.59. The lowest BCUT2D eigenvalue weighted by Gasteiger charge is -2.14. The van der Waals surface area contributed by atoms with Crippen LogP contribution in [0.4, 0.5) is 11.6 Å². The zero-order valence-corrected chi connectivity index (χ0v) is 18.7. The molecule has 0 spiro atoms. The standard InChI is InChI=1S/C27H26N4O2/c1-16-3-4-20(14-24(16)19-7-12-25-21(13-19)15-29-27(28)31-25)26(32)30-22-8-10-23(11-9-22)33-17(2)18-5-6-18/h3-4,7-15,17-18H,5-6H2,1-2H3,(H,30,32)(H2,28,29,31). The summed E-state index contributed by atoms with van der Waals surface area (Å²) in [6, 6.07) is 19.2. The molecule has 1 atom stereocenters. The number of nitrogens with two attached hydrogens (primary N) is 1. The molecule has 0 radical (unpaired) electrons. The number of ether oxygens (including phenoxy) is 1. The zero-order chi connectivity index (χ0) is 22.9. The van der Waals surface area contributed by atoms with Gasteiger partial charge in [-0.1, -0.05) is 12.1 Å². The number of nitrogens with one attached hydrogen (secondary N) is 1. The monoisotopic (exact) mass is 438 g/mol. The Morgan fingerprint density at radius 2 is 1.88 bits per heavy atom. The average molecular weight is 439 g/mol. The van der Waals surface area contributed by atoms with Crippen LogP contribution in [0.1, 0.15) is 35.7 Å². The lowest BCUT2D eigenvalue weighted by Crippen LogP contribution is -2.14. The maximum Gasteiger partial charge on any atom is 0.255 e. The summed E-state index contributed by atoms with van der Waals surface area (Å²) in [4.78, 5) is 21.3. The van der Waals surface area contributed by atoms with Crippen molar-refractivity contribution in [3.05, 3.63) is 78.0 Å². The number of fused-ring (bicyclic) bond motifs is 1. The van der Waals surface area contributed by atoms with Crippen molar-refractivity contribution in [3.63, 3.8) is 0 Å². The minimum absolute atomic E-state index is 0.159. The van der Waals surface area contributed by atoms with Crippen LogP contribution in [0.25, 0.3) is 22.0 Å². The van der Waals surface area contributed by atoms with Crippen LogP contribution in [-0.4, -0.2) is 22.0 Å². The topological polar surface area (TPSA) is 90.1 Å². The van der Waals surface area contributed by atoms with E-state index in [1.54, 1.807) is 6.20 Å². The van der Waals surface area contributed by atoms with E-state index in [9.17, 15) is 4.79 Å². The number of hydrogen-bond acceptors (Lipinski definition) is 5. The van der Waals surface area contributed by atoms with Gasteiger partial charge in [0.05, 0.1) is 11.6 Å². The van der Waals surface area contributed by atoms with Crippen LogP contribution in [0.5, 0.6) is 5.75 Å². The maximum absolute atomic E-state index is 12.9. The number of anilines is 2. The summed E-state index contributed by atoms with van der Waals surface area (Å²) in [5, 5.41) is 3.88. The molecule has 3 aromatic carbocycles. The number of carbonyl (C=O) groups excluding carboxylic acids is 1. The first-order valence-corrected chi connectivity index (χ1v) is 11.2. The van der Waals surface area contributed by atoms with Gasteiger partial charge in [0.25, 0.3) is 5.91 Å². The minimum Gasteiger partial charge on any atom is -0.490 e. The van der Waals surface area contributed by atoms with E-state index in [1.165, 1.54) is 12.8 Å². The van der Waals surface area contributed by atoms with Gasteiger partial charge in [-0.25, -0.2) is 9.97 Å². The summed E-state index contributed by atoms with van der Waals surface area (Å²) >= 11 is 0. The highest BCUT2D eigenvalue weighted by molar-refractivity contribution is 6.05. The average Bonchev–Trinajstić information content (AvgIpc) is 3.66. The van der Waals surface area contributed by atoms with Crippen LogP contribution in [0, 0.1) is 12.8 Å². The number of nitrogens with zero attached hydrogens (tertiary/aromatic N) is 2. The third-order valence-corrected chi connectivity index (χ3v) is 6.13. The molecular weight excluding hydrogens is 412 g/mol. The van der Waals surface area contributed by atoms with Gasteiger partial charge < -0.3 is 15.8 Å². The van der Waals surface area contributed by atoms with Crippen molar-refractivity contribution >= 4 is 28.4 Å². The fraction of sp³-hybridized carbons (Fsp3) is 0.222. The molecule has 4 aromatic rings. The Bertz CT molecular complexity index is 1330. The second kappa shape index (κ2) is 8.54. The number of hydrogen-bond donors (Lipinski definition) is 2. The van der Waals surface area contributed by atoms with Crippen molar-refractivity contribution < 1.29 is 9.53 Å². The fourth-order valence-corrected chi connectivity index (χ4v) is 3.99. The molecule has 0 aliphatic heterocycles. The van der Waals surface area contributed by atoms with Crippen molar-refractivity contribution in [1.82, 2.24) is 9.97 Å². The van der Waals surface area contributed by atoms with Gasteiger partial charge in [-0.3, -0.25) is 4.79 Å². The van der Waals surface area contributed by atoms with Crippen LogP contribution in [-0.2, 0) is 0 Å². The van der Waals surface area contributed by atoms with Crippen LogP contribution >= 0.6 is 0 Å². The number of amides is 1. The first-order chi connectivity index (χ1) is 16.0. The van der Waals surface area contributed by atoms with Crippen molar-refractivity contribution in [2.24, 2.45) is 5.92 Å². The number of carbonyl (C=O) groups is 1. The van der Waals surface area contributed by atoms with Crippen LogP contribution < -0.4 is 15.8 Å². The van der Waals surface area contributed by atoms with E-state index >= 15 is 0 Å². The molecule has 1 aromatic heterocycles. The Balaban J connectivity index is 1.34. The van der Waals surface area contributed by atoms with Gasteiger partial charge in [0.1, 0.15) is 5.75 Å². The molecule has 1 saturated carbocycles. The number of benzene rings is 3. The molecule has 1 unspecified atom stereocenters. The predicted octanol–water partition coefficient (Wildman–Crippen LogP) is 5.62. The summed E-state index contributed by atoms with van der Waals surface area (Å²) in [6.45, 7) is 4.14. The molecule has 1 aliphatic rings. The third kappa shape index (κ3) is 4.65. The molecule has 5 rings (SSSR count). The Kier molecular flexibility index (Phi) is 5.42. The number of aryl methyl sites for hydroxylation is 1. The number of aromatic nitrogens is 2. The molecule has 1 heterocycles. The van der Waals surface area contributed by atoms with Gasteiger partial charge in [-0.15, -0.1) is 0 Å². The molecule has 33 heavy (non-hydrogen) atoms. The van der Waals surface area contributed by atoms with E-state index in [0.29, 0.717) is 11.5 Å². The lowest BCUT2D eigenvalue weighted by atomic mass is 9.97. The van der Waals surface area contributed by atoms with Crippen LogP contribution in [0.2, 0.25) is 0 Å². The Morgan fingerprint density at radius 3 is 2.64 bits per heavy atom. The highest BCUT2D eigenvalue weighted by Gasteiger charge is 2.29. The molecule has 6 nitrogen and oxygen atoms in total. The second-order valence-electron chi connectivity index (χ2n) is 8.67. The quantitative estimate of drug-likeness (QED) is 0.408. The predicted molar refractivity (Wildman–Crippen MR) is 131 cm³/mol. The molecule has 6 heteroatoms. The largest absolute Gasteiger partial charge is 0.490 e. The second-order valence-corrected chi connectivity index (χ2v) is 8.67. The first-order valence-electron chi connectivity index (χ1n) is 11.2. The van der Waals surface area contributed by atoms with Gasteiger partial charge in [-0.05, 0) is 97.8 Å². The van der Waals surface area contributed by atoms with E-state index in [1.807, 2.05) is 67.6 Å². The molecular formula is C27H26N4O2. The molecule has 1 aliphatic carbocycles. The first kappa shape index (κ1) is 20.9. The smallest absolute Gasteiger partial charge is 0.255 e. The van der Waals surface area contributed by atoms with Gasteiger partial charge in [-0.2, -0.15) is 0 Å². The van der Waals surface area contributed by atoms with Crippen molar-refractivity contribution in [3.8, 4) is 16.9 Å². The Hall–Kier alpha value is -3.93. The molecule has 0 saturated heterocycles. The van der Waals surface area contributed by atoms with E-state index in [-0.39, 0.29) is 18.0 Å². The SMILES string of the molecule is Cc1ccc(C(=O)Nc2ccc(OC(C)C3CC3)cc2)cc1-c1ccc2nc(N)ncc2c1. The summed E-state index contributed by atoms with van der Waals surface area (Å²) in [7, 11) is 0. The van der Waals surface area contributed by atoms with Crippen molar-refractivity contribution in [2.75, 3.05) is 11.1 Å². The van der Waals surface area contributed by atoms with E-state index in [0.717, 1.165) is 39.0 Å². The molecule has 166 valence electrons. The molecule has 1 amide bonds. The van der Waals surface area contributed by atoms with Gasteiger partial charge in [0.15, 0.2) is 0 Å². The van der Waals surface area contributed by atoms with E-state index in [4.69, 9.17) is 10.5 Å². The summed E-state index contributed by atoms with van der Waals surface area (Å²) in [6.07, 6.45) is 4.44. The normalized spacial score (nSPS) is 14.1. The number of nitrogen functional groups attached to an aromatic ring is 1. The summed E-state index contributed by atoms with van der Waals surface area (Å²) in [5.41, 5.74) is 10.9. The highest BCUT2D eigenvalue weighted by atomic mass is 16.5. The van der Waals surface area contributed by atoms with Crippen molar-refractivity contribution in [2.45, 2.75) is 32.8 Å². The van der Waals surface area contributed by atoms with E-state index < -0.39 is 0 Å². The summed E-state index contributed by atoms with van der Waals surface area (Å²) < 4.78 is 5.97. The highest BCUT2D eigenvalue weighted by Crippen LogP contribution is 2.35. The molecule has 3 N–H and O–H groups in total. The van der Waals surface area contributed by atoms with Gasteiger partial charge >= 0.3 is 0 Å². The Labute approximate surface area is 192 Å². The molecule has 1 fully saturated rings. The minimum atomic E-state index is -0.159. The van der Waals surface area contributed by atoms with E-state index in [2.05, 4.69) is 22.2 Å². The molecule has 0 bridgehead atoms. The van der Waals surface area contributed by atoms with Crippen LogP contribution in [0.3, 0.4) is 0 Å². The lowest BCUT2D eigenvalue weighted by molar-refractivity contribution is 0.102. The fourth-order valence-electron chi connectivity index (χ4n) is 3.99. The maximum atomic E-state index is 12.9.